The first kappa shape index (κ1) is 25.8. The Bertz CT molecular complexity index is 1140. The van der Waals surface area contributed by atoms with Crippen molar-refractivity contribution < 1.29 is 18.7 Å². The lowest BCUT2D eigenvalue weighted by molar-refractivity contribution is -0.118. The highest BCUT2D eigenvalue weighted by molar-refractivity contribution is 9.10. The molecule has 0 saturated heterocycles. The fourth-order valence-corrected chi connectivity index (χ4v) is 3.73. The van der Waals surface area contributed by atoms with Gasteiger partial charge in [0.1, 0.15) is 12.4 Å². The largest absolute Gasteiger partial charge is 0.490 e. The number of carbonyl (C=O) groups excluding carboxylic acids is 1. The van der Waals surface area contributed by atoms with E-state index in [9.17, 15) is 9.18 Å². The topological polar surface area (TPSA) is 59.6 Å². The molecule has 0 aromatic heterocycles. The summed E-state index contributed by atoms with van der Waals surface area (Å²) < 4.78 is 25.9. The number of benzene rings is 3. The van der Waals surface area contributed by atoms with Crippen LogP contribution in [0.5, 0.6) is 11.5 Å². The lowest BCUT2D eigenvalue weighted by Gasteiger charge is -2.16. The van der Waals surface area contributed by atoms with Gasteiger partial charge in [0.25, 0.3) is 0 Å². The van der Waals surface area contributed by atoms with Crippen molar-refractivity contribution in [2.75, 3.05) is 17.2 Å². The van der Waals surface area contributed by atoms with Gasteiger partial charge in [0.2, 0.25) is 5.91 Å². The number of hydrogen-bond donors (Lipinski definition) is 2. The second kappa shape index (κ2) is 12.1. The van der Waals surface area contributed by atoms with Crippen LogP contribution in [0.4, 0.5) is 15.8 Å². The van der Waals surface area contributed by atoms with Crippen LogP contribution in [0.1, 0.15) is 31.9 Å². The Morgan fingerprint density at radius 1 is 1.00 bits per heavy atom. The van der Waals surface area contributed by atoms with Crippen molar-refractivity contribution in [3.63, 3.8) is 0 Å². The van der Waals surface area contributed by atoms with E-state index in [1.807, 2.05) is 57.2 Å². The van der Waals surface area contributed by atoms with Gasteiger partial charge in [0, 0.05) is 33.9 Å². The molecule has 2 N–H and O–H groups in total. The van der Waals surface area contributed by atoms with Crippen LogP contribution in [0, 0.1) is 11.7 Å². The van der Waals surface area contributed by atoms with Crippen LogP contribution in [0.3, 0.4) is 0 Å². The highest BCUT2D eigenvalue weighted by atomic mass is 79.9. The standard InChI is InChI=1S/C26H27BrClFN2O3/c1-4-33-24-11-18(14-30-20-7-9-21(10-8-20)31-26(32)16(2)3)22(27)13-25(24)34-15-17-5-6-19(29)12-23(17)28/h5-13,16,30H,4,14-15H2,1-3H3,(H,31,32). The fraction of sp³-hybridized carbons (Fsp3) is 0.269. The second-order valence-corrected chi connectivity index (χ2v) is 9.18. The first-order chi connectivity index (χ1) is 16.3. The van der Waals surface area contributed by atoms with Crippen LogP contribution in [0.25, 0.3) is 0 Å². The number of ether oxygens (including phenoxy) is 2. The van der Waals surface area contributed by atoms with Gasteiger partial charge in [-0.1, -0.05) is 47.4 Å². The lowest BCUT2D eigenvalue weighted by atomic mass is 10.1. The van der Waals surface area contributed by atoms with E-state index < -0.39 is 5.82 Å². The monoisotopic (exact) mass is 548 g/mol. The Morgan fingerprint density at radius 3 is 2.32 bits per heavy atom. The molecule has 0 saturated carbocycles. The van der Waals surface area contributed by atoms with E-state index in [4.69, 9.17) is 21.1 Å². The molecule has 8 heteroatoms. The van der Waals surface area contributed by atoms with Gasteiger partial charge in [0.05, 0.1) is 11.6 Å². The second-order valence-electron chi connectivity index (χ2n) is 7.92. The van der Waals surface area contributed by atoms with Gasteiger partial charge in [-0.2, -0.15) is 0 Å². The molecule has 34 heavy (non-hydrogen) atoms. The maximum atomic E-state index is 13.3. The van der Waals surface area contributed by atoms with Gasteiger partial charge in [-0.15, -0.1) is 0 Å². The van der Waals surface area contributed by atoms with Crippen LogP contribution in [0.15, 0.2) is 59.1 Å². The number of amides is 1. The van der Waals surface area contributed by atoms with E-state index in [2.05, 4.69) is 26.6 Å². The summed E-state index contributed by atoms with van der Waals surface area (Å²) in [6, 6.07) is 15.5. The quantitative estimate of drug-likeness (QED) is 0.276. The Kier molecular flexibility index (Phi) is 9.19. The molecule has 0 fully saturated rings. The van der Waals surface area contributed by atoms with Gasteiger partial charge in [-0.3, -0.25) is 4.79 Å². The average Bonchev–Trinajstić information content (AvgIpc) is 2.80. The van der Waals surface area contributed by atoms with Gasteiger partial charge in [0.15, 0.2) is 11.5 Å². The smallest absolute Gasteiger partial charge is 0.226 e. The minimum Gasteiger partial charge on any atom is -0.490 e. The number of carbonyl (C=O) groups is 1. The van der Waals surface area contributed by atoms with E-state index in [1.54, 1.807) is 6.07 Å². The minimum atomic E-state index is -0.390. The van der Waals surface area contributed by atoms with Crippen molar-refractivity contribution in [3.8, 4) is 11.5 Å². The van der Waals surface area contributed by atoms with Crippen molar-refractivity contribution >= 4 is 44.8 Å². The summed E-state index contributed by atoms with van der Waals surface area (Å²) in [5.41, 5.74) is 3.33. The third-order valence-electron chi connectivity index (χ3n) is 4.97. The predicted molar refractivity (Wildman–Crippen MR) is 138 cm³/mol. The molecule has 3 aromatic rings. The molecule has 180 valence electrons. The van der Waals surface area contributed by atoms with Crippen LogP contribution in [-0.4, -0.2) is 12.5 Å². The molecule has 0 unspecified atom stereocenters. The van der Waals surface area contributed by atoms with E-state index in [0.29, 0.717) is 35.2 Å². The molecular formula is C26H27BrClFN2O3. The molecule has 0 spiro atoms. The molecule has 3 rings (SSSR count). The first-order valence-electron chi connectivity index (χ1n) is 10.9. The highest BCUT2D eigenvalue weighted by Crippen LogP contribution is 2.35. The van der Waals surface area contributed by atoms with Gasteiger partial charge in [-0.05, 0) is 61.0 Å². The summed E-state index contributed by atoms with van der Waals surface area (Å²) >= 11 is 9.72. The fourth-order valence-electron chi connectivity index (χ4n) is 3.04. The molecule has 0 atom stereocenters. The van der Waals surface area contributed by atoms with Gasteiger partial charge >= 0.3 is 0 Å². The summed E-state index contributed by atoms with van der Waals surface area (Å²) in [6.45, 7) is 6.82. The Balaban J connectivity index is 1.68. The van der Waals surface area contributed by atoms with Crippen LogP contribution < -0.4 is 20.1 Å². The Hall–Kier alpha value is -2.77. The van der Waals surface area contributed by atoms with Crippen LogP contribution >= 0.6 is 27.5 Å². The molecule has 0 radical (unpaired) electrons. The molecular weight excluding hydrogens is 523 g/mol. The van der Waals surface area contributed by atoms with Gasteiger partial charge < -0.3 is 20.1 Å². The van der Waals surface area contributed by atoms with E-state index in [-0.39, 0.29) is 18.4 Å². The van der Waals surface area contributed by atoms with Crippen molar-refractivity contribution in [2.45, 2.75) is 33.9 Å². The molecule has 5 nitrogen and oxygen atoms in total. The Labute approximate surface area is 212 Å². The predicted octanol–water partition coefficient (Wildman–Crippen LogP) is 7.43. The Morgan fingerprint density at radius 2 is 1.68 bits per heavy atom. The van der Waals surface area contributed by atoms with Crippen molar-refractivity contribution in [1.29, 1.82) is 0 Å². The zero-order valence-corrected chi connectivity index (χ0v) is 21.6. The SMILES string of the molecule is CCOc1cc(CNc2ccc(NC(=O)C(C)C)cc2)c(Br)cc1OCc1ccc(F)cc1Cl. The number of hydrogen-bond acceptors (Lipinski definition) is 4. The molecule has 0 bridgehead atoms. The van der Waals surface area contributed by atoms with Crippen LogP contribution in [-0.2, 0) is 17.9 Å². The summed E-state index contributed by atoms with van der Waals surface area (Å²) in [4.78, 5) is 11.8. The summed E-state index contributed by atoms with van der Waals surface area (Å²) in [6.07, 6.45) is 0. The molecule has 0 heterocycles. The summed E-state index contributed by atoms with van der Waals surface area (Å²) in [5, 5.41) is 6.56. The van der Waals surface area contributed by atoms with E-state index in [1.165, 1.54) is 12.1 Å². The third-order valence-corrected chi connectivity index (χ3v) is 6.06. The molecule has 1 amide bonds. The average molecular weight is 550 g/mol. The third kappa shape index (κ3) is 7.11. The summed E-state index contributed by atoms with van der Waals surface area (Å²) in [5.74, 6) is 0.681. The summed E-state index contributed by atoms with van der Waals surface area (Å²) in [7, 11) is 0. The van der Waals surface area contributed by atoms with Gasteiger partial charge in [-0.25, -0.2) is 4.39 Å². The zero-order valence-electron chi connectivity index (χ0n) is 19.3. The number of nitrogens with one attached hydrogen (secondary N) is 2. The maximum absolute atomic E-state index is 13.3. The molecule has 0 aliphatic heterocycles. The number of rotatable bonds is 10. The molecule has 0 aliphatic rings. The molecule has 3 aromatic carbocycles. The van der Waals surface area contributed by atoms with Crippen molar-refractivity contribution in [2.24, 2.45) is 5.92 Å². The number of anilines is 2. The van der Waals surface area contributed by atoms with Crippen molar-refractivity contribution in [1.82, 2.24) is 0 Å². The normalized spacial score (nSPS) is 10.8. The minimum absolute atomic E-state index is 0.0166. The molecule has 0 aliphatic carbocycles. The van der Waals surface area contributed by atoms with E-state index >= 15 is 0 Å². The number of halogens is 3. The maximum Gasteiger partial charge on any atom is 0.226 e. The van der Waals surface area contributed by atoms with Crippen molar-refractivity contribution in [3.05, 3.63) is 81.0 Å². The lowest BCUT2D eigenvalue weighted by Crippen LogP contribution is -2.17. The zero-order chi connectivity index (χ0) is 24.7. The van der Waals surface area contributed by atoms with Crippen LogP contribution in [0.2, 0.25) is 5.02 Å². The van der Waals surface area contributed by atoms with E-state index in [0.717, 1.165) is 21.4 Å². The first-order valence-corrected chi connectivity index (χ1v) is 12.1. The highest BCUT2D eigenvalue weighted by Gasteiger charge is 2.13.